The number of amides is 1. The smallest absolute Gasteiger partial charge is 0.336 e. The molecular formula is C18H16N2O3. The van der Waals surface area contributed by atoms with Gasteiger partial charge < -0.3 is 15.4 Å². The molecule has 3 aromatic rings. The number of carboxylic acids is 1. The van der Waals surface area contributed by atoms with Gasteiger partial charge in [0.2, 0.25) is 0 Å². The molecule has 0 unspecified atom stereocenters. The molecule has 0 aliphatic heterocycles. The van der Waals surface area contributed by atoms with Crippen LogP contribution in [0.15, 0.2) is 54.7 Å². The quantitative estimate of drug-likeness (QED) is 0.678. The van der Waals surface area contributed by atoms with Crippen LogP contribution in [-0.2, 0) is 6.42 Å². The number of carbonyl (C=O) groups excluding carboxylic acids is 1. The Bertz CT molecular complexity index is 867. The SMILES string of the molecule is O=C(O)c1ccccc1C(=O)NCCc1c[nH]c2ccccc12. The van der Waals surface area contributed by atoms with Crippen LogP contribution in [0.2, 0.25) is 0 Å². The Morgan fingerprint density at radius 2 is 1.70 bits per heavy atom. The van der Waals surface area contributed by atoms with Crippen LogP contribution in [0, 0.1) is 0 Å². The van der Waals surface area contributed by atoms with Crippen LogP contribution in [-0.4, -0.2) is 28.5 Å². The number of benzene rings is 2. The van der Waals surface area contributed by atoms with Gasteiger partial charge >= 0.3 is 5.97 Å². The number of fused-ring (bicyclic) bond motifs is 1. The van der Waals surface area contributed by atoms with Gasteiger partial charge in [-0.05, 0) is 30.2 Å². The number of carboxylic acid groups (broad SMARTS) is 1. The summed E-state index contributed by atoms with van der Waals surface area (Å²) in [5, 5.41) is 13.0. The average molecular weight is 308 g/mol. The van der Waals surface area contributed by atoms with Gasteiger partial charge in [0.25, 0.3) is 5.91 Å². The second kappa shape index (κ2) is 6.36. The number of aromatic carboxylic acids is 1. The third kappa shape index (κ3) is 3.08. The van der Waals surface area contributed by atoms with Gasteiger partial charge in [-0.1, -0.05) is 30.3 Å². The van der Waals surface area contributed by atoms with E-state index in [2.05, 4.69) is 10.3 Å². The molecule has 0 saturated carbocycles. The van der Waals surface area contributed by atoms with E-state index in [1.165, 1.54) is 12.1 Å². The Hall–Kier alpha value is -3.08. The summed E-state index contributed by atoms with van der Waals surface area (Å²) >= 11 is 0. The van der Waals surface area contributed by atoms with Gasteiger partial charge in [-0.2, -0.15) is 0 Å². The maximum atomic E-state index is 12.2. The van der Waals surface area contributed by atoms with E-state index in [0.29, 0.717) is 13.0 Å². The summed E-state index contributed by atoms with van der Waals surface area (Å²) in [4.78, 5) is 26.5. The zero-order valence-electron chi connectivity index (χ0n) is 12.4. The summed E-state index contributed by atoms with van der Waals surface area (Å²) in [7, 11) is 0. The van der Waals surface area contributed by atoms with E-state index in [0.717, 1.165) is 16.5 Å². The lowest BCUT2D eigenvalue weighted by atomic mass is 10.1. The fourth-order valence-corrected chi connectivity index (χ4v) is 2.61. The number of rotatable bonds is 5. The summed E-state index contributed by atoms with van der Waals surface area (Å²) in [5.41, 5.74) is 2.37. The Morgan fingerprint density at radius 1 is 1.00 bits per heavy atom. The van der Waals surface area contributed by atoms with Crippen LogP contribution in [0.5, 0.6) is 0 Å². The van der Waals surface area contributed by atoms with E-state index >= 15 is 0 Å². The number of hydrogen-bond donors (Lipinski definition) is 3. The van der Waals surface area contributed by atoms with E-state index in [1.54, 1.807) is 12.1 Å². The lowest BCUT2D eigenvalue weighted by Crippen LogP contribution is -2.27. The molecule has 3 rings (SSSR count). The number of aromatic amines is 1. The zero-order valence-corrected chi connectivity index (χ0v) is 12.4. The van der Waals surface area contributed by atoms with E-state index in [9.17, 15) is 9.59 Å². The van der Waals surface area contributed by atoms with Crippen molar-refractivity contribution in [3.63, 3.8) is 0 Å². The fraction of sp³-hybridized carbons (Fsp3) is 0.111. The Kier molecular flexibility index (Phi) is 4.10. The molecule has 5 heteroatoms. The molecule has 116 valence electrons. The molecule has 0 atom stereocenters. The van der Waals surface area contributed by atoms with Gasteiger partial charge in [0.05, 0.1) is 11.1 Å². The summed E-state index contributed by atoms with van der Waals surface area (Å²) in [5.74, 6) is -1.48. The van der Waals surface area contributed by atoms with Gasteiger partial charge in [0, 0.05) is 23.6 Å². The fourth-order valence-electron chi connectivity index (χ4n) is 2.61. The minimum Gasteiger partial charge on any atom is -0.478 e. The standard InChI is InChI=1S/C18H16N2O3/c21-17(14-6-1-2-7-15(14)18(22)23)19-10-9-12-11-20-16-8-4-3-5-13(12)16/h1-8,11,20H,9-10H2,(H,19,21)(H,22,23). The topological polar surface area (TPSA) is 82.2 Å². The molecule has 1 heterocycles. The normalized spacial score (nSPS) is 10.6. The van der Waals surface area contributed by atoms with Crippen molar-refractivity contribution in [3.8, 4) is 0 Å². The molecular weight excluding hydrogens is 292 g/mol. The predicted octanol–water partition coefficient (Wildman–Crippen LogP) is 2.84. The van der Waals surface area contributed by atoms with Gasteiger partial charge in [0.15, 0.2) is 0 Å². The monoisotopic (exact) mass is 308 g/mol. The number of para-hydroxylation sites is 1. The molecule has 1 amide bonds. The molecule has 0 saturated heterocycles. The third-order valence-corrected chi connectivity index (χ3v) is 3.76. The highest BCUT2D eigenvalue weighted by molar-refractivity contribution is 6.04. The number of carbonyl (C=O) groups is 2. The summed E-state index contributed by atoms with van der Waals surface area (Å²) in [6.45, 7) is 0.439. The molecule has 2 aromatic carbocycles. The number of H-pyrrole nitrogens is 1. The van der Waals surface area contributed by atoms with Gasteiger partial charge in [0.1, 0.15) is 0 Å². The number of nitrogens with one attached hydrogen (secondary N) is 2. The van der Waals surface area contributed by atoms with E-state index < -0.39 is 5.97 Å². The maximum absolute atomic E-state index is 12.2. The molecule has 0 bridgehead atoms. The minimum atomic E-state index is -1.10. The van der Waals surface area contributed by atoms with Gasteiger partial charge in [-0.3, -0.25) is 4.79 Å². The third-order valence-electron chi connectivity index (χ3n) is 3.76. The van der Waals surface area contributed by atoms with Crippen LogP contribution in [0.25, 0.3) is 10.9 Å². The second-order valence-electron chi connectivity index (χ2n) is 5.22. The molecule has 0 fully saturated rings. The summed E-state index contributed by atoms with van der Waals surface area (Å²) < 4.78 is 0. The molecule has 3 N–H and O–H groups in total. The van der Waals surface area contributed by atoms with E-state index in [-0.39, 0.29) is 17.0 Å². The van der Waals surface area contributed by atoms with Crippen LogP contribution in [0.4, 0.5) is 0 Å². The van der Waals surface area contributed by atoms with Gasteiger partial charge in [-0.25, -0.2) is 4.79 Å². The van der Waals surface area contributed by atoms with Crippen molar-refractivity contribution in [2.45, 2.75) is 6.42 Å². The largest absolute Gasteiger partial charge is 0.478 e. The van der Waals surface area contributed by atoms with Crippen molar-refractivity contribution in [2.24, 2.45) is 0 Å². The van der Waals surface area contributed by atoms with Crippen LogP contribution in [0.1, 0.15) is 26.3 Å². The predicted molar refractivity (Wildman–Crippen MR) is 87.7 cm³/mol. The molecule has 23 heavy (non-hydrogen) atoms. The highest BCUT2D eigenvalue weighted by Crippen LogP contribution is 2.17. The van der Waals surface area contributed by atoms with Crippen molar-refractivity contribution in [1.82, 2.24) is 10.3 Å². The Labute approximate surface area is 133 Å². The lowest BCUT2D eigenvalue weighted by Gasteiger charge is -2.07. The second-order valence-corrected chi connectivity index (χ2v) is 5.22. The van der Waals surface area contributed by atoms with Crippen molar-refractivity contribution < 1.29 is 14.7 Å². The molecule has 1 aromatic heterocycles. The van der Waals surface area contributed by atoms with Crippen molar-refractivity contribution in [3.05, 3.63) is 71.4 Å². The van der Waals surface area contributed by atoms with Crippen molar-refractivity contribution in [2.75, 3.05) is 6.54 Å². The average Bonchev–Trinajstić information content (AvgIpc) is 2.98. The zero-order chi connectivity index (χ0) is 16.2. The molecule has 0 spiro atoms. The van der Waals surface area contributed by atoms with Crippen molar-refractivity contribution in [1.29, 1.82) is 0 Å². The van der Waals surface area contributed by atoms with E-state index in [4.69, 9.17) is 5.11 Å². The first-order chi connectivity index (χ1) is 11.2. The van der Waals surface area contributed by atoms with Crippen LogP contribution < -0.4 is 5.32 Å². The maximum Gasteiger partial charge on any atom is 0.336 e. The molecule has 0 aliphatic rings. The Morgan fingerprint density at radius 3 is 2.48 bits per heavy atom. The summed E-state index contributed by atoms with van der Waals surface area (Å²) in [6.07, 6.45) is 2.60. The first-order valence-electron chi connectivity index (χ1n) is 7.32. The molecule has 0 aliphatic carbocycles. The lowest BCUT2D eigenvalue weighted by molar-refractivity contribution is 0.0691. The highest BCUT2D eigenvalue weighted by Gasteiger charge is 2.15. The van der Waals surface area contributed by atoms with E-state index in [1.807, 2.05) is 30.5 Å². The Balaban J connectivity index is 1.67. The first kappa shape index (κ1) is 14.8. The summed E-state index contributed by atoms with van der Waals surface area (Å²) in [6, 6.07) is 14.2. The van der Waals surface area contributed by atoms with Crippen molar-refractivity contribution >= 4 is 22.8 Å². The highest BCUT2D eigenvalue weighted by atomic mass is 16.4. The van der Waals surface area contributed by atoms with Crippen LogP contribution in [0.3, 0.4) is 0 Å². The van der Waals surface area contributed by atoms with Gasteiger partial charge in [-0.15, -0.1) is 0 Å². The first-order valence-corrected chi connectivity index (χ1v) is 7.32. The molecule has 0 radical (unpaired) electrons. The molecule has 5 nitrogen and oxygen atoms in total. The number of aromatic nitrogens is 1. The minimum absolute atomic E-state index is 0.0112. The van der Waals surface area contributed by atoms with Crippen LogP contribution >= 0.6 is 0 Å². The number of hydrogen-bond acceptors (Lipinski definition) is 2.